The van der Waals surface area contributed by atoms with Crippen molar-refractivity contribution in [2.45, 2.75) is 13.3 Å². The molecule has 0 saturated carbocycles. The molecule has 136 valence electrons. The number of carbonyl (C=O) groups excluding carboxylic acids is 1. The third-order valence-electron chi connectivity index (χ3n) is 4.17. The van der Waals surface area contributed by atoms with Crippen LogP contribution in [0, 0.1) is 0 Å². The largest absolute Gasteiger partial charge is 0.490 e. The average molecular weight is 370 g/mol. The summed E-state index contributed by atoms with van der Waals surface area (Å²) in [6.45, 7) is 4.21. The highest BCUT2D eigenvalue weighted by Crippen LogP contribution is 2.27. The van der Waals surface area contributed by atoms with Gasteiger partial charge in [0.15, 0.2) is 5.11 Å². The third kappa shape index (κ3) is 4.20. The second-order valence-electron chi connectivity index (χ2n) is 5.83. The first-order valence-electron chi connectivity index (χ1n) is 8.71. The van der Waals surface area contributed by atoms with Gasteiger partial charge in [-0.3, -0.25) is 10.1 Å². The molecule has 2 aromatic rings. The van der Waals surface area contributed by atoms with Crippen LogP contribution in [0.4, 0.5) is 5.69 Å². The predicted molar refractivity (Wildman–Crippen MR) is 106 cm³/mol. The van der Waals surface area contributed by atoms with E-state index in [2.05, 4.69) is 11.4 Å². The molecule has 0 atom stereocenters. The molecule has 6 heteroatoms. The van der Waals surface area contributed by atoms with Gasteiger partial charge in [0.1, 0.15) is 12.4 Å². The quantitative estimate of drug-likeness (QED) is 0.625. The Morgan fingerprint density at radius 2 is 1.92 bits per heavy atom. The van der Waals surface area contributed by atoms with Crippen LogP contribution in [0.5, 0.6) is 5.75 Å². The van der Waals surface area contributed by atoms with Gasteiger partial charge in [-0.2, -0.15) is 0 Å². The molecule has 1 amide bonds. The summed E-state index contributed by atoms with van der Waals surface area (Å²) >= 11 is 5.46. The summed E-state index contributed by atoms with van der Waals surface area (Å²) in [7, 11) is 0. The van der Waals surface area contributed by atoms with Crippen LogP contribution in [-0.4, -0.2) is 37.4 Å². The van der Waals surface area contributed by atoms with Crippen LogP contribution in [-0.2, 0) is 11.2 Å². The highest BCUT2D eigenvalue weighted by atomic mass is 32.1. The lowest BCUT2D eigenvalue weighted by Gasteiger charge is -2.21. The van der Waals surface area contributed by atoms with E-state index >= 15 is 0 Å². The zero-order chi connectivity index (χ0) is 18.4. The van der Waals surface area contributed by atoms with Crippen LogP contribution in [0.15, 0.2) is 48.5 Å². The van der Waals surface area contributed by atoms with Crippen LogP contribution < -0.4 is 15.0 Å². The number of amides is 1. The van der Waals surface area contributed by atoms with Crippen molar-refractivity contribution < 1.29 is 14.3 Å². The van der Waals surface area contributed by atoms with E-state index in [9.17, 15) is 4.79 Å². The monoisotopic (exact) mass is 370 g/mol. The Balaban J connectivity index is 1.66. The van der Waals surface area contributed by atoms with Crippen LogP contribution >= 0.6 is 12.2 Å². The zero-order valence-corrected chi connectivity index (χ0v) is 15.6. The molecule has 1 heterocycles. The number of hydrogen-bond acceptors (Lipinski definition) is 4. The fourth-order valence-corrected chi connectivity index (χ4v) is 3.20. The fourth-order valence-electron chi connectivity index (χ4n) is 2.92. The van der Waals surface area contributed by atoms with Gasteiger partial charge in [0.05, 0.1) is 12.2 Å². The summed E-state index contributed by atoms with van der Waals surface area (Å²) in [5, 5.41) is 3.23. The van der Waals surface area contributed by atoms with E-state index in [1.807, 2.05) is 36.1 Å². The van der Waals surface area contributed by atoms with E-state index in [0.717, 1.165) is 18.7 Å². The molecule has 0 saturated heterocycles. The van der Waals surface area contributed by atoms with E-state index in [1.165, 1.54) is 5.56 Å². The van der Waals surface area contributed by atoms with Crippen molar-refractivity contribution in [2.24, 2.45) is 0 Å². The lowest BCUT2D eigenvalue weighted by molar-refractivity contribution is 0.0958. The van der Waals surface area contributed by atoms with Gasteiger partial charge in [0, 0.05) is 18.8 Å². The van der Waals surface area contributed by atoms with E-state index in [1.54, 1.807) is 18.2 Å². The second-order valence-corrected chi connectivity index (χ2v) is 6.22. The molecular formula is C20H22N2O3S. The molecule has 0 radical (unpaired) electrons. The number of thiocarbonyl (C=S) groups is 1. The number of anilines is 1. The molecule has 1 N–H and O–H groups in total. The van der Waals surface area contributed by atoms with E-state index in [-0.39, 0.29) is 5.91 Å². The Hall–Kier alpha value is -2.44. The Bertz CT molecular complexity index is 794. The third-order valence-corrected chi connectivity index (χ3v) is 4.50. The normalized spacial score (nSPS) is 12.6. The van der Waals surface area contributed by atoms with Gasteiger partial charge in [-0.05, 0) is 49.3 Å². The van der Waals surface area contributed by atoms with Crippen molar-refractivity contribution in [1.29, 1.82) is 0 Å². The van der Waals surface area contributed by atoms with E-state index < -0.39 is 0 Å². The first-order chi connectivity index (χ1) is 12.7. The number of nitrogens with one attached hydrogen (secondary N) is 1. The van der Waals surface area contributed by atoms with Gasteiger partial charge in [-0.25, -0.2) is 0 Å². The van der Waals surface area contributed by atoms with Gasteiger partial charge < -0.3 is 14.4 Å². The lowest BCUT2D eigenvalue weighted by Crippen LogP contribution is -2.42. The standard InChI is InChI=1S/C20H22N2O3S/c1-2-24-13-14-25-18-10-6-4-8-16(18)19(23)21-20(26)22-12-11-15-7-3-5-9-17(15)22/h3-10H,2,11-14H2,1H3,(H,21,23,26). The average Bonchev–Trinajstić information content (AvgIpc) is 3.10. The molecular weight excluding hydrogens is 348 g/mol. The Kier molecular flexibility index (Phi) is 6.20. The molecule has 0 unspecified atom stereocenters. The molecule has 1 aliphatic rings. The number of fused-ring (bicyclic) bond motifs is 1. The first kappa shape index (κ1) is 18.4. The smallest absolute Gasteiger partial charge is 0.261 e. The van der Waals surface area contributed by atoms with Crippen molar-refractivity contribution in [2.75, 3.05) is 31.3 Å². The maximum atomic E-state index is 12.7. The minimum Gasteiger partial charge on any atom is -0.490 e. The van der Waals surface area contributed by atoms with Crippen LogP contribution in [0.25, 0.3) is 0 Å². The number of ether oxygens (including phenoxy) is 2. The van der Waals surface area contributed by atoms with Crippen LogP contribution in [0.2, 0.25) is 0 Å². The minimum absolute atomic E-state index is 0.272. The zero-order valence-electron chi connectivity index (χ0n) is 14.7. The summed E-state index contributed by atoms with van der Waals surface area (Å²) in [6.07, 6.45) is 0.920. The summed E-state index contributed by atoms with van der Waals surface area (Å²) in [6, 6.07) is 15.2. The summed E-state index contributed by atoms with van der Waals surface area (Å²) in [4.78, 5) is 14.7. The van der Waals surface area contributed by atoms with Gasteiger partial charge in [-0.1, -0.05) is 30.3 Å². The second kappa shape index (κ2) is 8.78. The fraction of sp³-hybridized carbons (Fsp3) is 0.300. The van der Waals surface area contributed by atoms with E-state index in [4.69, 9.17) is 21.7 Å². The lowest BCUT2D eigenvalue weighted by atomic mass is 10.2. The molecule has 1 aliphatic heterocycles. The number of benzene rings is 2. The summed E-state index contributed by atoms with van der Waals surface area (Å²) in [5.41, 5.74) is 2.75. The molecule has 2 aromatic carbocycles. The Morgan fingerprint density at radius 3 is 2.77 bits per heavy atom. The van der Waals surface area contributed by atoms with Gasteiger partial charge >= 0.3 is 0 Å². The van der Waals surface area contributed by atoms with Gasteiger partial charge in [-0.15, -0.1) is 0 Å². The molecule has 0 fully saturated rings. The molecule has 0 spiro atoms. The van der Waals surface area contributed by atoms with Crippen LogP contribution in [0.3, 0.4) is 0 Å². The number of hydrogen-bond donors (Lipinski definition) is 1. The summed E-state index contributed by atoms with van der Waals surface area (Å²) < 4.78 is 10.9. The number of nitrogens with zero attached hydrogens (tertiary/aromatic N) is 1. The van der Waals surface area contributed by atoms with Crippen molar-refractivity contribution >= 4 is 28.9 Å². The highest BCUT2D eigenvalue weighted by Gasteiger charge is 2.23. The van der Waals surface area contributed by atoms with Gasteiger partial charge in [0.2, 0.25) is 0 Å². The molecule has 5 nitrogen and oxygen atoms in total. The summed E-state index contributed by atoms with van der Waals surface area (Å²) in [5.74, 6) is 0.251. The number of carbonyl (C=O) groups is 1. The maximum Gasteiger partial charge on any atom is 0.261 e. The maximum absolute atomic E-state index is 12.7. The SMILES string of the molecule is CCOCCOc1ccccc1C(=O)NC(=S)N1CCc2ccccc21. The molecule has 0 bridgehead atoms. The van der Waals surface area contributed by atoms with Crippen molar-refractivity contribution in [3.8, 4) is 5.75 Å². The van der Waals surface area contributed by atoms with Crippen molar-refractivity contribution in [1.82, 2.24) is 5.32 Å². The number of rotatable bonds is 6. The Morgan fingerprint density at radius 1 is 1.15 bits per heavy atom. The molecule has 0 aliphatic carbocycles. The van der Waals surface area contributed by atoms with Crippen molar-refractivity contribution in [3.63, 3.8) is 0 Å². The molecule has 3 rings (SSSR count). The van der Waals surface area contributed by atoms with Crippen molar-refractivity contribution in [3.05, 3.63) is 59.7 Å². The molecule has 26 heavy (non-hydrogen) atoms. The predicted octanol–water partition coefficient (Wildman–Crippen LogP) is 3.18. The topological polar surface area (TPSA) is 50.8 Å². The first-order valence-corrected chi connectivity index (χ1v) is 9.12. The van der Waals surface area contributed by atoms with Crippen LogP contribution in [0.1, 0.15) is 22.8 Å². The number of para-hydroxylation sites is 2. The molecule has 0 aromatic heterocycles. The highest BCUT2D eigenvalue weighted by molar-refractivity contribution is 7.80. The Labute approximate surface area is 158 Å². The van der Waals surface area contributed by atoms with E-state index in [0.29, 0.717) is 36.2 Å². The minimum atomic E-state index is -0.272. The van der Waals surface area contributed by atoms with Gasteiger partial charge in [0.25, 0.3) is 5.91 Å².